The maximum Gasteiger partial charge on any atom is 0.123 e. The smallest absolute Gasteiger partial charge is 0.123 e. The van der Waals surface area contributed by atoms with Crippen molar-refractivity contribution in [3.8, 4) is 0 Å². The molecule has 0 heterocycles. The Morgan fingerprint density at radius 1 is 1.24 bits per heavy atom. The molecule has 2 nitrogen and oxygen atoms in total. The first-order valence-electron chi connectivity index (χ1n) is 5.94. The fourth-order valence-electron chi connectivity index (χ4n) is 1.49. The van der Waals surface area contributed by atoms with Crippen LogP contribution < -0.4 is 5.32 Å². The second-order valence-corrected chi connectivity index (χ2v) is 5.23. The quantitative estimate of drug-likeness (QED) is 0.568. The van der Waals surface area contributed by atoms with Crippen molar-refractivity contribution in [2.24, 2.45) is 0 Å². The highest BCUT2D eigenvalue weighted by Gasteiger charge is 1.99. The second kappa shape index (κ2) is 8.50. The number of nitrogens with zero attached hydrogens (tertiary/aromatic N) is 1. The van der Waals surface area contributed by atoms with Crippen molar-refractivity contribution in [1.82, 2.24) is 10.2 Å². The zero-order valence-corrected chi connectivity index (χ0v) is 11.4. The van der Waals surface area contributed by atoms with E-state index in [0.29, 0.717) is 0 Å². The van der Waals surface area contributed by atoms with E-state index in [1.54, 1.807) is 11.8 Å². The summed E-state index contributed by atoms with van der Waals surface area (Å²) < 4.78 is 12.7. The fraction of sp³-hybridized carbons (Fsp3) is 0.538. The van der Waals surface area contributed by atoms with Crippen LogP contribution in [0.15, 0.2) is 29.2 Å². The molecule has 0 atom stereocenters. The van der Waals surface area contributed by atoms with Gasteiger partial charge in [0.2, 0.25) is 0 Å². The summed E-state index contributed by atoms with van der Waals surface area (Å²) in [7, 11) is 4.12. The number of benzene rings is 1. The minimum absolute atomic E-state index is 0.168. The van der Waals surface area contributed by atoms with E-state index in [9.17, 15) is 4.39 Å². The lowest BCUT2D eigenvalue weighted by Gasteiger charge is -2.15. The van der Waals surface area contributed by atoms with Gasteiger partial charge in [0.15, 0.2) is 0 Å². The molecule has 0 saturated carbocycles. The molecule has 1 aromatic rings. The van der Waals surface area contributed by atoms with Crippen molar-refractivity contribution in [3.63, 3.8) is 0 Å². The van der Waals surface area contributed by atoms with E-state index in [0.717, 1.165) is 30.3 Å². The number of nitrogens with one attached hydrogen (secondary N) is 1. The van der Waals surface area contributed by atoms with Crippen LogP contribution in [0, 0.1) is 5.82 Å². The monoisotopic (exact) mass is 256 g/mol. The minimum Gasteiger partial charge on any atom is -0.320 e. The van der Waals surface area contributed by atoms with Crippen LogP contribution in [0.4, 0.5) is 4.39 Å². The Morgan fingerprint density at radius 3 is 2.59 bits per heavy atom. The van der Waals surface area contributed by atoms with Gasteiger partial charge in [0, 0.05) is 17.2 Å². The summed E-state index contributed by atoms with van der Waals surface area (Å²) in [6.45, 7) is 3.24. The Bertz CT molecular complexity index is 303. The Balaban J connectivity index is 2.12. The summed E-state index contributed by atoms with van der Waals surface area (Å²) in [6.07, 6.45) is 1.17. The molecule has 4 heteroatoms. The predicted octanol–water partition coefficient (Wildman–Crippen LogP) is 2.46. The lowest BCUT2D eigenvalue weighted by molar-refractivity contribution is 0.349. The first-order chi connectivity index (χ1) is 8.22. The van der Waals surface area contributed by atoms with Crippen molar-refractivity contribution >= 4 is 11.8 Å². The van der Waals surface area contributed by atoms with E-state index in [4.69, 9.17) is 0 Å². The third-order valence-corrected chi connectivity index (χ3v) is 3.51. The first-order valence-corrected chi connectivity index (χ1v) is 6.92. The van der Waals surface area contributed by atoms with E-state index in [1.165, 1.54) is 18.6 Å². The van der Waals surface area contributed by atoms with Crippen LogP contribution in [-0.2, 0) is 0 Å². The molecule has 0 aliphatic heterocycles. The van der Waals surface area contributed by atoms with E-state index in [-0.39, 0.29) is 5.82 Å². The number of hydrogen-bond donors (Lipinski definition) is 1. The van der Waals surface area contributed by atoms with E-state index < -0.39 is 0 Å². The molecule has 96 valence electrons. The molecule has 17 heavy (non-hydrogen) atoms. The Hall–Kier alpha value is -0.580. The summed E-state index contributed by atoms with van der Waals surface area (Å²) >= 11 is 1.77. The van der Waals surface area contributed by atoms with Crippen LogP contribution in [-0.4, -0.2) is 44.4 Å². The molecule has 1 N–H and O–H groups in total. The average molecular weight is 256 g/mol. The third kappa shape index (κ3) is 6.66. The molecule has 1 aromatic carbocycles. The van der Waals surface area contributed by atoms with Crippen molar-refractivity contribution in [2.45, 2.75) is 11.3 Å². The largest absolute Gasteiger partial charge is 0.320 e. The van der Waals surface area contributed by atoms with Gasteiger partial charge in [0.05, 0.1) is 0 Å². The van der Waals surface area contributed by atoms with Crippen LogP contribution in [0.1, 0.15) is 6.42 Å². The molecule has 0 aliphatic carbocycles. The minimum atomic E-state index is -0.168. The van der Waals surface area contributed by atoms with Gasteiger partial charge in [-0.05, 0) is 57.9 Å². The van der Waals surface area contributed by atoms with Crippen molar-refractivity contribution < 1.29 is 4.39 Å². The van der Waals surface area contributed by atoms with Gasteiger partial charge in [-0.3, -0.25) is 0 Å². The zero-order valence-electron chi connectivity index (χ0n) is 10.6. The molecular formula is C13H21FN2S. The fourth-order valence-corrected chi connectivity index (χ4v) is 2.45. The van der Waals surface area contributed by atoms with Gasteiger partial charge in [-0.25, -0.2) is 4.39 Å². The average Bonchev–Trinajstić information content (AvgIpc) is 2.32. The maximum absolute atomic E-state index is 12.7. The number of halogens is 1. The van der Waals surface area contributed by atoms with Crippen LogP contribution >= 0.6 is 11.8 Å². The maximum atomic E-state index is 12.7. The zero-order chi connectivity index (χ0) is 12.5. The van der Waals surface area contributed by atoms with Crippen LogP contribution in [0.3, 0.4) is 0 Å². The van der Waals surface area contributed by atoms with Crippen molar-refractivity contribution in [1.29, 1.82) is 0 Å². The number of hydrogen-bond acceptors (Lipinski definition) is 3. The molecule has 1 rings (SSSR count). The van der Waals surface area contributed by atoms with Gasteiger partial charge < -0.3 is 10.2 Å². The van der Waals surface area contributed by atoms with Gasteiger partial charge >= 0.3 is 0 Å². The molecule has 0 aromatic heterocycles. The van der Waals surface area contributed by atoms with Gasteiger partial charge in [-0.1, -0.05) is 0 Å². The molecule has 0 fully saturated rings. The van der Waals surface area contributed by atoms with Crippen LogP contribution in [0.5, 0.6) is 0 Å². The van der Waals surface area contributed by atoms with Crippen LogP contribution in [0.2, 0.25) is 0 Å². The highest BCUT2D eigenvalue weighted by atomic mass is 32.2. The van der Waals surface area contributed by atoms with Gasteiger partial charge in [-0.2, -0.15) is 0 Å². The summed E-state index contributed by atoms with van der Waals surface area (Å²) in [5.41, 5.74) is 0. The molecule has 0 unspecified atom stereocenters. The number of rotatable bonds is 8. The molecule has 0 spiro atoms. The SMILES string of the molecule is CNCCCN(C)CCSc1ccc(F)cc1. The van der Waals surface area contributed by atoms with E-state index in [1.807, 2.05) is 19.2 Å². The Kier molecular flexibility index (Phi) is 7.24. The van der Waals surface area contributed by atoms with Gasteiger partial charge in [-0.15, -0.1) is 11.8 Å². The normalized spacial score (nSPS) is 11.1. The molecule has 0 bridgehead atoms. The molecule has 0 saturated heterocycles. The molecule has 0 aliphatic rings. The Morgan fingerprint density at radius 2 is 1.94 bits per heavy atom. The summed E-state index contributed by atoms with van der Waals surface area (Å²) in [4.78, 5) is 3.46. The highest BCUT2D eigenvalue weighted by Crippen LogP contribution is 2.17. The molecular weight excluding hydrogens is 235 g/mol. The van der Waals surface area contributed by atoms with Gasteiger partial charge in [0.25, 0.3) is 0 Å². The first kappa shape index (κ1) is 14.5. The summed E-state index contributed by atoms with van der Waals surface area (Å²) in [5.74, 6) is 0.875. The highest BCUT2D eigenvalue weighted by molar-refractivity contribution is 7.99. The summed E-state index contributed by atoms with van der Waals surface area (Å²) in [6, 6.07) is 6.69. The topological polar surface area (TPSA) is 15.3 Å². The number of thioether (sulfide) groups is 1. The molecule has 0 radical (unpaired) electrons. The van der Waals surface area contributed by atoms with Crippen LogP contribution in [0.25, 0.3) is 0 Å². The van der Waals surface area contributed by atoms with Crippen molar-refractivity contribution in [3.05, 3.63) is 30.1 Å². The third-order valence-electron chi connectivity index (χ3n) is 2.52. The standard InChI is InChI=1S/C13H21FN2S/c1-15-8-3-9-16(2)10-11-17-13-6-4-12(14)5-7-13/h4-7,15H,3,8-11H2,1-2H3. The second-order valence-electron chi connectivity index (χ2n) is 4.06. The molecule has 0 amide bonds. The summed E-state index contributed by atoms with van der Waals surface area (Å²) in [5, 5.41) is 3.14. The lowest BCUT2D eigenvalue weighted by atomic mass is 10.4. The van der Waals surface area contributed by atoms with E-state index >= 15 is 0 Å². The lowest BCUT2D eigenvalue weighted by Crippen LogP contribution is -2.24. The van der Waals surface area contributed by atoms with Gasteiger partial charge in [0.1, 0.15) is 5.82 Å². The van der Waals surface area contributed by atoms with Crippen molar-refractivity contribution in [2.75, 3.05) is 39.5 Å². The predicted molar refractivity (Wildman–Crippen MR) is 73.2 cm³/mol. The van der Waals surface area contributed by atoms with E-state index in [2.05, 4.69) is 17.3 Å². The Labute approximate surface area is 108 Å².